The molecule has 3 atom stereocenters. The number of nitrogens with one attached hydrogen (secondary N) is 1. The van der Waals surface area contributed by atoms with Crippen LogP contribution in [0.25, 0.3) is 10.2 Å². The third-order valence-corrected chi connectivity index (χ3v) is 5.47. The van der Waals surface area contributed by atoms with E-state index in [0.717, 1.165) is 23.1 Å². The number of aliphatic hydroxyl groups is 2. The lowest BCUT2D eigenvalue weighted by atomic mass is 9.80. The summed E-state index contributed by atoms with van der Waals surface area (Å²) < 4.78 is 0.923. The van der Waals surface area contributed by atoms with Crippen molar-refractivity contribution in [2.45, 2.75) is 44.4 Å². The summed E-state index contributed by atoms with van der Waals surface area (Å²) in [5.74, 6) is -0.0538. The molecule has 0 radical (unpaired) electrons. The molecule has 1 heterocycles. The van der Waals surface area contributed by atoms with E-state index >= 15 is 0 Å². The fourth-order valence-electron chi connectivity index (χ4n) is 2.66. The van der Waals surface area contributed by atoms with Crippen LogP contribution in [0, 0.1) is 5.92 Å². The molecule has 1 amide bonds. The first-order chi connectivity index (χ1) is 10.6. The number of thiazole rings is 1. The number of aromatic nitrogens is 1. The molecule has 2 aromatic rings. The van der Waals surface area contributed by atoms with Gasteiger partial charge in [-0.2, -0.15) is 0 Å². The standard InChI is InChI=1S/C16H20N2O3S/c1-9(10-5-4-6-10)17-15(21)13(19)14(20)16-18-11-7-2-3-8-12(11)22-16/h2-3,7-10,13-14,19-20H,4-6H2,1H3,(H,17,21). The van der Waals surface area contributed by atoms with E-state index in [-0.39, 0.29) is 6.04 Å². The predicted molar refractivity (Wildman–Crippen MR) is 85.5 cm³/mol. The minimum Gasteiger partial charge on any atom is -0.383 e. The van der Waals surface area contributed by atoms with Crippen molar-refractivity contribution in [3.63, 3.8) is 0 Å². The zero-order chi connectivity index (χ0) is 15.7. The molecule has 1 saturated carbocycles. The summed E-state index contributed by atoms with van der Waals surface area (Å²) in [6.07, 6.45) is 0.617. The number of nitrogens with zero attached hydrogens (tertiary/aromatic N) is 1. The number of carbonyl (C=O) groups excluding carboxylic acids is 1. The number of para-hydroxylation sites is 1. The fourth-order valence-corrected chi connectivity index (χ4v) is 3.65. The first-order valence-electron chi connectivity index (χ1n) is 7.58. The number of carbonyl (C=O) groups is 1. The minimum atomic E-state index is -1.50. The van der Waals surface area contributed by atoms with Crippen molar-refractivity contribution in [1.29, 1.82) is 0 Å². The lowest BCUT2D eigenvalue weighted by Crippen LogP contribution is -2.46. The number of fused-ring (bicyclic) bond motifs is 1. The molecule has 0 bridgehead atoms. The van der Waals surface area contributed by atoms with Crippen LogP contribution in [0.4, 0.5) is 0 Å². The Hall–Kier alpha value is -1.50. The van der Waals surface area contributed by atoms with Crippen LogP contribution in [0.1, 0.15) is 37.3 Å². The molecular weight excluding hydrogens is 300 g/mol. The quantitative estimate of drug-likeness (QED) is 0.787. The monoisotopic (exact) mass is 320 g/mol. The summed E-state index contributed by atoms with van der Waals surface area (Å²) in [4.78, 5) is 16.4. The van der Waals surface area contributed by atoms with Crippen LogP contribution in [0.15, 0.2) is 24.3 Å². The molecule has 3 unspecified atom stereocenters. The maximum atomic E-state index is 12.1. The van der Waals surface area contributed by atoms with Crippen molar-refractivity contribution in [2.24, 2.45) is 5.92 Å². The summed E-state index contributed by atoms with van der Waals surface area (Å²) in [7, 11) is 0. The molecule has 3 N–H and O–H groups in total. The van der Waals surface area contributed by atoms with Gasteiger partial charge in [0.1, 0.15) is 11.1 Å². The summed E-state index contributed by atoms with van der Waals surface area (Å²) in [5, 5.41) is 23.5. The van der Waals surface area contributed by atoms with Crippen LogP contribution in [0.2, 0.25) is 0 Å². The molecule has 5 nitrogen and oxygen atoms in total. The Morgan fingerprint density at radius 1 is 1.36 bits per heavy atom. The second-order valence-corrected chi connectivity index (χ2v) is 6.96. The second kappa shape index (κ2) is 6.32. The number of benzene rings is 1. The Morgan fingerprint density at radius 3 is 2.73 bits per heavy atom. The molecule has 0 saturated heterocycles. The van der Waals surface area contributed by atoms with Gasteiger partial charge in [-0.3, -0.25) is 4.79 Å². The highest BCUT2D eigenvalue weighted by Crippen LogP contribution is 2.30. The van der Waals surface area contributed by atoms with Crippen LogP contribution in [0.5, 0.6) is 0 Å². The van der Waals surface area contributed by atoms with E-state index in [1.54, 1.807) is 0 Å². The summed E-state index contributed by atoms with van der Waals surface area (Å²) in [5.41, 5.74) is 0.761. The average Bonchev–Trinajstić information content (AvgIpc) is 2.87. The Balaban J connectivity index is 1.67. The first-order valence-corrected chi connectivity index (χ1v) is 8.40. The van der Waals surface area contributed by atoms with Crippen LogP contribution < -0.4 is 5.32 Å². The normalized spacial score (nSPS) is 19.4. The van der Waals surface area contributed by atoms with Crippen LogP contribution in [-0.2, 0) is 4.79 Å². The van der Waals surface area contributed by atoms with E-state index < -0.39 is 18.1 Å². The van der Waals surface area contributed by atoms with Crippen LogP contribution in [0.3, 0.4) is 0 Å². The molecule has 0 spiro atoms. The van der Waals surface area contributed by atoms with E-state index in [0.29, 0.717) is 10.9 Å². The van der Waals surface area contributed by atoms with Gasteiger partial charge in [0.05, 0.1) is 10.2 Å². The predicted octanol–water partition coefficient (Wildman–Crippen LogP) is 2.00. The molecule has 1 aliphatic carbocycles. The highest BCUT2D eigenvalue weighted by molar-refractivity contribution is 7.18. The molecule has 118 valence electrons. The summed E-state index contributed by atoms with van der Waals surface area (Å²) in [6, 6.07) is 7.52. The first kappa shape index (κ1) is 15.4. The van der Waals surface area contributed by atoms with Crippen molar-refractivity contribution in [3.8, 4) is 0 Å². The Kier molecular flexibility index (Phi) is 4.42. The number of hydrogen-bond donors (Lipinski definition) is 3. The Bertz CT molecular complexity index is 635. The maximum absolute atomic E-state index is 12.1. The Labute approximate surface area is 133 Å². The van der Waals surface area contributed by atoms with E-state index in [2.05, 4.69) is 10.3 Å². The summed E-state index contributed by atoms with van der Waals surface area (Å²) >= 11 is 1.29. The molecule has 1 aromatic heterocycles. The maximum Gasteiger partial charge on any atom is 0.252 e. The lowest BCUT2D eigenvalue weighted by molar-refractivity contribution is -0.136. The molecule has 3 rings (SSSR count). The van der Waals surface area contributed by atoms with Gasteiger partial charge in [-0.15, -0.1) is 11.3 Å². The van der Waals surface area contributed by atoms with Gasteiger partial charge >= 0.3 is 0 Å². The highest BCUT2D eigenvalue weighted by Gasteiger charge is 2.31. The van der Waals surface area contributed by atoms with Gasteiger partial charge < -0.3 is 15.5 Å². The lowest BCUT2D eigenvalue weighted by Gasteiger charge is -2.32. The molecule has 6 heteroatoms. The molecule has 22 heavy (non-hydrogen) atoms. The van der Waals surface area contributed by atoms with E-state index in [1.807, 2.05) is 31.2 Å². The van der Waals surface area contributed by atoms with Gasteiger partial charge in [0, 0.05) is 6.04 Å². The average molecular weight is 320 g/mol. The van der Waals surface area contributed by atoms with E-state index in [1.165, 1.54) is 17.8 Å². The molecule has 0 aliphatic heterocycles. The van der Waals surface area contributed by atoms with Gasteiger partial charge in [-0.05, 0) is 37.8 Å². The zero-order valence-corrected chi connectivity index (χ0v) is 13.2. The number of aliphatic hydroxyl groups excluding tert-OH is 2. The van der Waals surface area contributed by atoms with Crippen LogP contribution in [-0.4, -0.2) is 33.3 Å². The van der Waals surface area contributed by atoms with E-state index in [9.17, 15) is 15.0 Å². The number of amides is 1. The van der Waals surface area contributed by atoms with Crippen molar-refractivity contribution in [3.05, 3.63) is 29.3 Å². The molecular formula is C16H20N2O3S. The third kappa shape index (κ3) is 2.99. The summed E-state index contributed by atoms with van der Waals surface area (Å²) in [6.45, 7) is 1.94. The number of rotatable bonds is 5. The smallest absolute Gasteiger partial charge is 0.252 e. The molecule has 1 aliphatic rings. The second-order valence-electron chi connectivity index (χ2n) is 5.90. The topological polar surface area (TPSA) is 82.5 Å². The highest BCUT2D eigenvalue weighted by atomic mass is 32.1. The number of hydrogen-bond acceptors (Lipinski definition) is 5. The SMILES string of the molecule is CC(NC(=O)C(O)C(O)c1nc2ccccc2s1)C1CCC1. The van der Waals surface area contributed by atoms with Crippen molar-refractivity contribution in [2.75, 3.05) is 0 Å². The zero-order valence-electron chi connectivity index (χ0n) is 12.4. The minimum absolute atomic E-state index is 0.0264. The van der Waals surface area contributed by atoms with Gasteiger partial charge in [-0.1, -0.05) is 18.6 Å². The van der Waals surface area contributed by atoms with Crippen molar-refractivity contribution in [1.82, 2.24) is 10.3 Å². The van der Waals surface area contributed by atoms with Gasteiger partial charge in [0.25, 0.3) is 5.91 Å². The van der Waals surface area contributed by atoms with Crippen LogP contribution >= 0.6 is 11.3 Å². The van der Waals surface area contributed by atoms with Crippen molar-refractivity contribution >= 4 is 27.5 Å². The third-order valence-electron chi connectivity index (χ3n) is 4.36. The largest absolute Gasteiger partial charge is 0.383 e. The van der Waals surface area contributed by atoms with E-state index in [4.69, 9.17) is 0 Å². The fraction of sp³-hybridized carbons (Fsp3) is 0.500. The van der Waals surface area contributed by atoms with Crippen molar-refractivity contribution < 1.29 is 15.0 Å². The van der Waals surface area contributed by atoms with Gasteiger partial charge in [0.15, 0.2) is 6.10 Å². The molecule has 1 fully saturated rings. The Morgan fingerprint density at radius 2 is 2.09 bits per heavy atom. The van der Waals surface area contributed by atoms with Gasteiger partial charge in [0.2, 0.25) is 0 Å². The molecule has 1 aromatic carbocycles. The van der Waals surface area contributed by atoms with Gasteiger partial charge in [-0.25, -0.2) is 4.98 Å².